The van der Waals surface area contributed by atoms with Crippen molar-refractivity contribution >= 4 is 23.2 Å². The van der Waals surface area contributed by atoms with E-state index in [0.717, 1.165) is 28.1 Å². The molecule has 146 valence electrons. The Morgan fingerprint density at radius 2 is 1.07 bits per heavy atom. The quantitative estimate of drug-likeness (QED) is 0.251. The number of hydrogen-bond donors (Lipinski definition) is 0. The molecular formula is C28H24N2. The van der Waals surface area contributed by atoms with Gasteiger partial charge in [0.05, 0.1) is 11.4 Å². The molecule has 0 N–H and O–H groups in total. The van der Waals surface area contributed by atoms with E-state index >= 15 is 0 Å². The van der Waals surface area contributed by atoms with Crippen LogP contribution < -0.4 is 5.01 Å². The van der Waals surface area contributed by atoms with E-state index in [2.05, 4.69) is 97.9 Å². The third kappa shape index (κ3) is 4.73. The Labute approximate surface area is 178 Å². The maximum atomic E-state index is 4.82. The van der Waals surface area contributed by atoms with E-state index in [4.69, 9.17) is 5.10 Å². The smallest absolute Gasteiger partial charge is 0.0652 e. The number of hydrazone groups is 1. The highest BCUT2D eigenvalue weighted by Gasteiger charge is 2.07. The van der Waals surface area contributed by atoms with Crippen LogP contribution in [0.3, 0.4) is 0 Å². The first-order valence-electron chi connectivity index (χ1n) is 10.1. The van der Waals surface area contributed by atoms with Crippen LogP contribution in [0.4, 0.5) is 11.4 Å². The van der Waals surface area contributed by atoms with Gasteiger partial charge in [0.2, 0.25) is 0 Å². The fraction of sp³-hybridized carbons (Fsp3) is 0.0357. The highest BCUT2D eigenvalue weighted by molar-refractivity contribution is 5.92. The zero-order valence-corrected chi connectivity index (χ0v) is 17.0. The van der Waals surface area contributed by atoms with E-state index in [9.17, 15) is 0 Å². The largest absolute Gasteiger partial charge is 0.234 e. The molecule has 2 nitrogen and oxygen atoms in total. The topological polar surface area (TPSA) is 15.6 Å². The van der Waals surface area contributed by atoms with Crippen molar-refractivity contribution in [3.8, 4) is 0 Å². The first-order chi connectivity index (χ1) is 14.8. The van der Waals surface area contributed by atoms with Crippen LogP contribution in [0.1, 0.15) is 16.7 Å². The summed E-state index contributed by atoms with van der Waals surface area (Å²) >= 11 is 0. The Kier molecular flexibility index (Phi) is 6.16. The second-order valence-corrected chi connectivity index (χ2v) is 7.06. The zero-order valence-electron chi connectivity index (χ0n) is 17.0. The van der Waals surface area contributed by atoms with Gasteiger partial charge in [0.1, 0.15) is 0 Å². The van der Waals surface area contributed by atoms with Crippen LogP contribution in [-0.2, 0) is 0 Å². The second kappa shape index (κ2) is 9.53. The molecule has 4 aromatic rings. The molecule has 0 aliphatic carbocycles. The summed E-state index contributed by atoms with van der Waals surface area (Å²) in [5.74, 6) is 0. The highest BCUT2D eigenvalue weighted by atomic mass is 15.5. The summed E-state index contributed by atoms with van der Waals surface area (Å²) in [6, 6.07) is 39.4. The van der Waals surface area contributed by atoms with Crippen LogP contribution in [-0.4, -0.2) is 6.21 Å². The number of hydrogen-bond acceptors (Lipinski definition) is 2. The SMILES string of the molecule is Cc1ccc(N(/N=C/C=C(c2ccccc2)c2ccccc2)c2ccccc2)cc1. The zero-order chi connectivity index (χ0) is 20.6. The van der Waals surface area contributed by atoms with Crippen molar-refractivity contribution in [3.63, 3.8) is 0 Å². The molecule has 0 saturated carbocycles. The van der Waals surface area contributed by atoms with Crippen LogP contribution in [0.2, 0.25) is 0 Å². The van der Waals surface area contributed by atoms with Gasteiger partial charge >= 0.3 is 0 Å². The van der Waals surface area contributed by atoms with Crippen molar-refractivity contribution in [3.05, 3.63) is 138 Å². The number of aryl methyl sites for hydroxylation is 1. The van der Waals surface area contributed by atoms with Crippen LogP contribution in [0, 0.1) is 6.92 Å². The fourth-order valence-corrected chi connectivity index (χ4v) is 3.31. The molecule has 4 aromatic carbocycles. The molecular weight excluding hydrogens is 364 g/mol. The van der Waals surface area contributed by atoms with Crippen LogP contribution in [0.15, 0.2) is 126 Å². The number of para-hydroxylation sites is 1. The predicted molar refractivity (Wildman–Crippen MR) is 128 cm³/mol. The molecule has 0 aliphatic rings. The molecule has 0 radical (unpaired) electrons. The molecule has 0 aromatic heterocycles. The molecule has 0 bridgehead atoms. The maximum Gasteiger partial charge on any atom is 0.0652 e. The minimum atomic E-state index is 1.02. The van der Waals surface area contributed by atoms with Gasteiger partial charge in [-0.1, -0.05) is 96.6 Å². The van der Waals surface area contributed by atoms with Gasteiger partial charge in [0.25, 0.3) is 0 Å². The molecule has 4 rings (SSSR count). The van der Waals surface area contributed by atoms with Gasteiger partial charge in [-0.25, -0.2) is 5.01 Å². The summed E-state index contributed by atoms with van der Waals surface area (Å²) in [6.07, 6.45) is 3.96. The van der Waals surface area contributed by atoms with Crippen LogP contribution in [0.25, 0.3) is 5.57 Å². The van der Waals surface area contributed by atoms with Gasteiger partial charge in [-0.15, -0.1) is 0 Å². The molecule has 0 amide bonds. The van der Waals surface area contributed by atoms with Crippen molar-refractivity contribution in [2.24, 2.45) is 5.10 Å². The van der Waals surface area contributed by atoms with E-state index in [1.807, 2.05) is 41.6 Å². The molecule has 30 heavy (non-hydrogen) atoms. The van der Waals surface area contributed by atoms with Gasteiger partial charge in [-0.3, -0.25) is 0 Å². The number of nitrogens with zero attached hydrogens (tertiary/aromatic N) is 2. The van der Waals surface area contributed by atoms with E-state index in [-0.39, 0.29) is 0 Å². The lowest BCUT2D eigenvalue weighted by Gasteiger charge is -2.19. The lowest BCUT2D eigenvalue weighted by atomic mass is 9.98. The van der Waals surface area contributed by atoms with Crippen LogP contribution >= 0.6 is 0 Å². The standard InChI is InChI=1S/C28H24N2/c1-23-17-19-27(20-18-23)30(26-15-9-4-10-16-26)29-22-21-28(24-11-5-2-6-12-24)25-13-7-3-8-14-25/h2-22H,1H3/b29-22+. The normalized spacial score (nSPS) is 10.7. The number of benzene rings is 4. The Bertz CT molecular complexity index is 1070. The average Bonchev–Trinajstić information content (AvgIpc) is 2.82. The average molecular weight is 389 g/mol. The van der Waals surface area contributed by atoms with E-state index < -0.39 is 0 Å². The van der Waals surface area contributed by atoms with Gasteiger partial charge in [-0.05, 0) is 54.0 Å². The Morgan fingerprint density at radius 1 is 0.600 bits per heavy atom. The van der Waals surface area contributed by atoms with Crippen molar-refractivity contribution in [1.82, 2.24) is 0 Å². The summed E-state index contributed by atoms with van der Waals surface area (Å²) in [6.45, 7) is 2.09. The van der Waals surface area contributed by atoms with Crippen molar-refractivity contribution in [1.29, 1.82) is 0 Å². The minimum Gasteiger partial charge on any atom is -0.234 e. The van der Waals surface area contributed by atoms with Crippen molar-refractivity contribution < 1.29 is 0 Å². The third-order valence-corrected chi connectivity index (χ3v) is 4.87. The molecule has 0 unspecified atom stereocenters. The first kappa shape index (κ1) is 19.4. The molecule has 0 heterocycles. The number of rotatable bonds is 6. The van der Waals surface area contributed by atoms with E-state index in [0.29, 0.717) is 0 Å². The second-order valence-electron chi connectivity index (χ2n) is 7.06. The summed E-state index contributed by atoms with van der Waals surface area (Å²) in [7, 11) is 0. The van der Waals surface area contributed by atoms with Gasteiger partial charge in [-0.2, -0.15) is 5.10 Å². The molecule has 2 heteroatoms. The van der Waals surface area contributed by atoms with E-state index in [1.165, 1.54) is 5.56 Å². The number of allylic oxidation sites excluding steroid dienone is 1. The Hall–Kier alpha value is -3.91. The van der Waals surface area contributed by atoms with Crippen molar-refractivity contribution in [2.75, 3.05) is 5.01 Å². The number of anilines is 2. The molecule has 0 aliphatic heterocycles. The summed E-state index contributed by atoms with van der Waals surface area (Å²) < 4.78 is 0. The third-order valence-electron chi connectivity index (χ3n) is 4.87. The van der Waals surface area contributed by atoms with Crippen LogP contribution in [0.5, 0.6) is 0 Å². The molecule has 0 spiro atoms. The lowest BCUT2D eigenvalue weighted by Crippen LogP contribution is -2.08. The van der Waals surface area contributed by atoms with Gasteiger partial charge in [0, 0.05) is 6.21 Å². The predicted octanol–water partition coefficient (Wildman–Crippen LogP) is 7.25. The molecule has 0 atom stereocenters. The Balaban J connectivity index is 1.73. The fourth-order valence-electron chi connectivity index (χ4n) is 3.31. The first-order valence-corrected chi connectivity index (χ1v) is 10.1. The van der Waals surface area contributed by atoms with Crippen molar-refractivity contribution in [2.45, 2.75) is 6.92 Å². The summed E-state index contributed by atoms with van der Waals surface area (Å²) in [5, 5.41) is 6.78. The van der Waals surface area contributed by atoms with Gasteiger partial charge < -0.3 is 0 Å². The Morgan fingerprint density at radius 3 is 1.60 bits per heavy atom. The summed E-state index contributed by atoms with van der Waals surface area (Å²) in [5.41, 5.74) is 6.74. The highest BCUT2D eigenvalue weighted by Crippen LogP contribution is 2.26. The van der Waals surface area contributed by atoms with E-state index in [1.54, 1.807) is 0 Å². The van der Waals surface area contributed by atoms with Gasteiger partial charge in [0.15, 0.2) is 0 Å². The minimum absolute atomic E-state index is 1.02. The summed E-state index contributed by atoms with van der Waals surface area (Å²) in [4.78, 5) is 0. The maximum absolute atomic E-state index is 4.82. The lowest BCUT2D eigenvalue weighted by molar-refractivity contribution is 1.09. The molecule has 0 fully saturated rings. The molecule has 0 saturated heterocycles. The monoisotopic (exact) mass is 388 g/mol.